The minimum atomic E-state index is -4.51. The molecule has 0 fully saturated rings. The van der Waals surface area contributed by atoms with Gasteiger partial charge in [-0.15, -0.1) is 0 Å². The Morgan fingerprint density at radius 1 is 1.15 bits per heavy atom. The molecule has 1 aliphatic heterocycles. The first-order valence-corrected chi connectivity index (χ1v) is 8.39. The van der Waals surface area contributed by atoms with Crippen LogP contribution in [0.2, 0.25) is 0 Å². The van der Waals surface area contributed by atoms with E-state index in [1.807, 2.05) is 0 Å². The normalized spacial score (nSPS) is 16.5. The lowest BCUT2D eigenvalue weighted by Crippen LogP contribution is -2.40. The number of thiazole rings is 1. The molecule has 9 heteroatoms. The van der Waals surface area contributed by atoms with Crippen molar-refractivity contribution in [3.8, 4) is 11.5 Å². The second kappa shape index (κ2) is 6.17. The van der Waals surface area contributed by atoms with E-state index < -0.39 is 23.8 Å². The summed E-state index contributed by atoms with van der Waals surface area (Å²) >= 11 is 0.966. The molecule has 1 atom stereocenters. The van der Waals surface area contributed by atoms with Crippen LogP contribution in [-0.4, -0.2) is 23.6 Å². The smallest absolute Gasteiger partial charge is 0.418 e. The number of alkyl halides is 3. The van der Waals surface area contributed by atoms with Crippen LogP contribution in [0.4, 0.5) is 18.3 Å². The van der Waals surface area contributed by atoms with Gasteiger partial charge in [0.15, 0.2) is 16.6 Å². The summed E-state index contributed by atoms with van der Waals surface area (Å²) in [6.45, 7) is 0.00153. The molecule has 134 valence electrons. The van der Waals surface area contributed by atoms with Gasteiger partial charge in [-0.05, 0) is 24.3 Å². The van der Waals surface area contributed by atoms with E-state index in [1.54, 1.807) is 24.3 Å². The van der Waals surface area contributed by atoms with Crippen LogP contribution in [0.15, 0.2) is 42.5 Å². The van der Waals surface area contributed by atoms with Crippen molar-refractivity contribution in [2.24, 2.45) is 0 Å². The second-order valence-corrected chi connectivity index (χ2v) is 6.55. The third-order valence-electron chi connectivity index (χ3n) is 3.76. The molecule has 0 saturated heterocycles. The number of carbonyl (C=O) groups is 1. The number of anilines is 1. The molecule has 3 aromatic rings. The summed E-state index contributed by atoms with van der Waals surface area (Å²) in [5.41, 5.74) is -1.02. The maximum atomic E-state index is 13.1. The van der Waals surface area contributed by atoms with Crippen LogP contribution in [0.5, 0.6) is 11.5 Å². The molecule has 1 N–H and O–H groups in total. The number of hydrogen-bond donors (Lipinski definition) is 1. The number of benzene rings is 2. The van der Waals surface area contributed by atoms with E-state index in [9.17, 15) is 18.0 Å². The molecule has 1 unspecified atom stereocenters. The van der Waals surface area contributed by atoms with Gasteiger partial charge in [-0.1, -0.05) is 29.5 Å². The van der Waals surface area contributed by atoms with Crippen molar-refractivity contribution < 1.29 is 27.4 Å². The van der Waals surface area contributed by atoms with Crippen molar-refractivity contribution in [2.45, 2.75) is 12.3 Å². The van der Waals surface area contributed by atoms with Crippen LogP contribution >= 0.6 is 11.3 Å². The van der Waals surface area contributed by atoms with E-state index in [0.29, 0.717) is 16.2 Å². The molecule has 2 aromatic carbocycles. The standard InChI is InChI=1S/C17H11F3N2O3S/c18-17(19,20)9-4-3-7-13-14(9)21-16(26-13)22-15(23)12-8-24-10-5-1-2-6-11(10)25-12/h1-7,12H,8H2,(H,21,22,23). The van der Waals surface area contributed by atoms with Gasteiger partial charge in [0.25, 0.3) is 5.91 Å². The van der Waals surface area contributed by atoms with Gasteiger partial charge in [-0.2, -0.15) is 13.2 Å². The Balaban J connectivity index is 1.55. The monoisotopic (exact) mass is 380 g/mol. The van der Waals surface area contributed by atoms with E-state index in [-0.39, 0.29) is 17.3 Å². The lowest BCUT2D eigenvalue weighted by Gasteiger charge is -2.25. The quantitative estimate of drug-likeness (QED) is 0.727. The maximum absolute atomic E-state index is 13.1. The predicted molar refractivity (Wildman–Crippen MR) is 89.6 cm³/mol. The number of fused-ring (bicyclic) bond motifs is 2. The van der Waals surface area contributed by atoms with E-state index >= 15 is 0 Å². The fraction of sp³-hybridized carbons (Fsp3) is 0.176. The van der Waals surface area contributed by atoms with Gasteiger partial charge in [0.1, 0.15) is 6.61 Å². The molecule has 0 bridgehead atoms. The van der Waals surface area contributed by atoms with Crippen LogP contribution in [0.1, 0.15) is 5.56 Å². The van der Waals surface area contributed by atoms with Crippen LogP contribution in [0.25, 0.3) is 10.2 Å². The molecular formula is C17H11F3N2O3S. The third kappa shape index (κ3) is 3.05. The van der Waals surface area contributed by atoms with Gasteiger partial charge in [0.2, 0.25) is 6.10 Å². The van der Waals surface area contributed by atoms with Crippen LogP contribution < -0.4 is 14.8 Å². The van der Waals surface area contributed by atoms with Gasteiger partial charge in [0.05, 0.1) is 15.8 Å². The van der Waals surface area contributed by atoms with Gasteiger partial charge >= 0.3 is 6.18 Å². The van der Waals surface area contributed by atoms with Crippen LogP contribution in [-0.2, 0) is 11.0 Å². The van der Waals surface area contributed by atoms with Crippen LogP contribution in [0.3, 0.4) is 0 Å². The highest BCUT2D eigenvalue weighted by Crippen LogP contribution is 2.37. The van der Waals surface area contributed by atoms with Crippen molar-refractivity contribution in [3.05, 3.63) is 48.0 Å². The average molecular weight is 380 g/mol. The molecule has 2 heterocycles. The topological polar surface area (TPSA) is 60.5 Å². The molecule has 0 radical (unpaired) electrons. The zero-order valence-electron chi connectivity index (χ0n) is 13.0. The van der Waals surface area contributed by atoms with Gasteiger partial charge < -0.3 is 9.47 Å². The minimum Gasteiger partial charge on any atom is -0.485 e. The summed E-state index contributed by atoms with van der Waals surface area (Å²) in [5, 5.41) is 2.58. The minimum absolute atomic E-state index is 0.00153. The van der Waals surface area contributed by atoms with Crippen molar-refractivity contribution in [1.29, 1.82) is 0 Å². The number of aromatic nitrogens is 1. The SMILES string of the molecule is O=C(Nc1nc2c(C(F)(F)F)cccc2s1)C1COc2ccccc2O1. The maximum Gasteiger partial charge on any atom is 0.418 e. The molecule has 5 nitrogen and oxygen atoms in total. The highest BCUT2D eigenvalue weighted by Gasteiger charge is 2.34. The first-order valence-electron chi connectivity index (χ1n) is 7.58. The fourth-order valence-corrected chi connectivity index (χ4v) is 3.46. The van der Waals surface area contributed by atoms with Gasteiger partial charge in [0, 0.05) is 0 Å². The van der Waals surface area contributed by atoms with Crippen LogP contribution in [0, 0.1) is 0 Å². The first kappa shape index (κ1) is 16.6. The second-order valence-electron chi connectivity index (χ2n) is 5.52. The number of halogens is 3. The van der Waals surface area contributed by atoms with Crippen molar-refractivity contribution in [2.75, 3.05) is 11.9 Å². The molecular weight excluding hydrogens is 369 g/mol. The molecule has 1 aliphatic rings. The lowest BCUT2D eigenvalue weighted by molar-refractivity contribution is -0.136. The van der Waals surface area contributed by atoms with E-state index in [4.69, 9.17) is 9.47 Å². The molecule has 0 saturated carbocycles. The number of para-hydroxylation sites is 3. The van der Waals surface area contributed by atoms with Crippen molar-refractivity contribution >= 4 is 32.6 Å². The fourth-order valence-electron chi connectivity index (χ4n) is 2.57. The van der Waals surface area contributed by atoms with Crippen molar-refractivity contribution in [1.82, 2.24) is 4.98 Å². The molecule has 1 amide bonds. The highest BCUT2D eigenvalue weighted by atomic mass is 32.1. The Hall–Kier alpha value is -2.81. The molecule has 4 rings (SSSR count). The number of carbonyl (C=O) groups excluding carboxylic acids is 1. The third-order valence-corrected chi connectivity index (χ3v) is 4.69. The summed E-state index contributed by atoms with van der Waals surface area (Å²) in [6.07, 6.45) is -5.43. The van der Waals surface area contributed by atoms with Crippen molar-refractivity contribution in [3.63, 3.8) is 0 Å². The first-order chi connectivity index (χ1) is 12.4. The zero-order valence-corrected chi connectivity index (χ0v) is 13.9. The molecule has 26 heavy (non-hydrogen) atoms. The Morgan fingerprint density at radius 3 is 2.69 bits per heavy atom. The summed E-state index contributed by atoms with van der Waals surface area (Å²) in [4.78, 5) is 16.3. The number of nitrogens with one attached hydrogen (secondary N) is 1. The Bertz CT molecular complexity index is 987. The Labute approximate surface area is 149 Å². The van der Waals surface area contributed by atoms with Gasteiger partial charge in [-0.25, -0.2) is 4.98 Å². The van der Waals surface area contributed by atoms with E-state index in [0.717, 1.165) is 17.4 Å². The molecule has 0 aliphatic carbocycles. The van der Waals surface area contributed by atoms with E-state index in [2.05, 4.69) is 10.3 Å². The number of ether oxygens (including phenoxy) is 2. The summed E-state index contributed by atoms with van der Waals surface area (Å²) in [7, 11) is 0. The highest BCUT2D eigenvalue weighted by molar-refractivity contribution is 7.22. The Kier molecular flexibility index (Phi) is 3.95. The predicted octanol–water partition coefficient (Wildman–Crippen LogP) is 4.09. The van der Waals surface area contributed by atoms with E-state index in [1.165, 1.54) is 12.1 Å². The Morgan fingerprint density at radius 2 is 1.92 bits per heavy atom. The largest absolute Gasteiger partial charge is 0.485 e. The number of amides is 1. The number of nitrogens with zero attached hydrogens (tertiary/aromatic N) is 1. The summed E-state index contributed by atoms with van der Waals surface area (Å²) in [5.74, 6) is 0.432. The van der Waals surface area contributed by atoms with Gasteiger partial charge in [-0.3, -0.25) is 10.1 Å². The molecule has 0 spiro atoms. The zero-order chi connectivity index (χ0) is 18.3. The lowest BCUT2D eigenvalue weighted by atomic mass is 10.2. The average Bonchev–Trinajstić information content (AvgIpc) is 3.02. The summed E-state index contributed by atoms with van der Waals surface area (Å²) < 4.78 is 50.6. The number of rotatable bonds is 2. The summed E-state index contributed by atoms with van der Waals surface area (Å²) in [6, 6.07) is 10.7. The number of hydrogen-bond acceptors (Lipinski definition) is 5. The molecule has 1 aromatic heterocycles.